The molecule has 7 heteroatoms. The van der Waals surface area contributed by atoms with Crippen molar-refractivity contribution in [3.63, 3.8) is 0 Å². The number of hydrogen-bond acceptors (Lipinski definition) is 6. The first-order valence-electron chi connectivity index (χ1n) is 9.72. The van der Waals surface area contributed by atoms with E-state index >= 15 is 0 Å². The maximum atomic E-state index is 11.6. The molecular formula is C22H31NO5S. The van der Waals surface area contributed by atoms with Crippen LogP contribution in [0.1, 0.15) is 25.3 Å². The summed E-state index contributed by atoms with van der Waals surface area (Å²) in [4.78, 5) is 0.320. The van der Waals surface area contributed by atoms with Crippen LogP contribution in [-0.4, -0.2) is 53.4 Å². The fraction of sp³-hybridized carbons (Fsp3) is 0.455. The van der Waals surface area contributed by atoms with Crippen LogP contribution in [0.2, 0.25) is 0 Å². The number of rotatable bonds is 12. The van der Waals surface area contributed by atoms with Gasteiger partial charge in [0.05, 0.1) is 7.11 Å². The van der Waals surface area contributed by atoms with E-state index < -0.39 is 17.3 Å². The topological polar surface area (TPSA) is 94.0 Å². The Bertz CT molecular complexity index is 738. The van der Waals surface area contributed by atoms with Gasteiger partial charge in [0.2, 0.25) is 0 Å². The van der Waals surface area contributed by atoms with Crippen molar-refractivity contribution < 1.29 is 24.2 Å². The average Bonchev–Trinajstić information content (AvgIpc) is 2.72. The van der Waals surface area contributed by atoms with Crippen molar-refractivity contribution in [3.05, 3.63) is 48.0 Å². The maximum Gasteiger partial charge on any atom is 0.197 e. The highest BCUT2D eigenvalue weighted by atomic mass is 32.2. The summed E-state index contributed by atoms with van der Waals surface area (Å²) in [6.45, 7) is 2.64. The minimum absolute atomic E-state index is 0.0242. The Hall–Kier alpha value is -1.93. The number of nitrogens with one attached hydrogen (secondary N) is 1. The highest BCUT2D eigenvalue weighted by molar-refractivity contribution is 7.90. The molecule has 0 bridgehead atoms. The summed E-state index contributed by atoms with van der Waals surface area (Å²) in [5.41, 5.74) is 1.28. The third kappa shape index (κ3) is 8.14. The highest BCUT2D eigenvalue weighted by Crippen LogP contribution is 2.27. The van der Waals surface area contributed by atoms with Gasteiger partial charge < -0.3 is 29.6 Å². The zero-order valence-corrected chi connectivity index (χ0v) is 18.1. The first-order chi connectivity index (χ1) is 13.9. The minimum Gasteiger partial charge on any atom is -0.612 e. The van der Waals surface area contributed by atoms with E-state index in [9.17, 15) is 14.8 Å². The second-order valence-corrected chi connectivity index (χ2v) is 8.45. The van der Waals surface area contributed by atoms with Crippen LogP contribution in [0, 0.1) is 0 Å². The second kappa shape index (κ2) is 11.9. The molecule has 0 aliphatic rings. The molecule has 6 nitrogen and oxygen atoms in total. The molecule has 0 aromatic heterocycles. The van der Waals surface area contributed by atoms with Gasteiger partial charge in [-0.05, 0) is 67.2 Å². The lowest BCUT2D eigenvalue weighted by atomic mass is 10.1. The molecule has 0 aliphatic carbocycles. The van der Waals surface area contributed by atoms with Crippen LogP contribution in [0.25, 0.3) is 0 Å². The number of aliphatic hydroxyl groups is 1. The van der Waals surface area contributed by atoms with E-state index in [4.69, 9.17) is 9.47 Å². The molecule has 0 radical (unpaired) electrons. The van der Waals surface area contributed by atoms with Gasteiger partial charge in [-0.25, -0.2) is 0 Å². The van der Waals surface area contributed by atoms with Gasteiger partial charge in [0.15, 0.2) is 10.6 Å². The molecule has 0 spiro atoms. The molecule has 3 atom stereocenters. The molecule has 2 aromatic carbocycles. The summed E-state index contributed by atoms with van der Waals surface area (Å²) >= 11 is -1.30. The van der Waals surface area contributed by atoms with Gasteiger partial charge >= 0.3 is 0 Å². The number of ether oxygens (including phenoxy) is 2. The lowest BCUT2D eigenvalue weighted by Crippen LogP contribution is -2.36. The predicted molar refractivity (Wildman–Crippen MR) is 115 cm³/mol. The summed E-state index contributed by atoms with van der Waals surface area (Å²) in [6, 6.07) is 13.0. The average molecular weight is 422 g/mol. The first kappa shape index (κ1) is 23.3. The van der Waals surface area contributed by atoms with Crippen LogP contribution in [0.15, 0.2) is 47.4 Å². The first-order valence-corrected chi connectivity index (χ1v) is 11.3. The molecule has 0 saturated heterocycles. The van der Waals surface area contributed by atoms with Gasteiger partial charge in [-0.15, -0.1) is 0 Å². The molecule has 29 heavy (non-hydrogen) atoms. The molecule has 0 aliphatic heterocycles. The van der Waals surface area contributed by atoms with Gasteiger partial charge in [-0.1, -0.05) is 12.1 Å². The van der Waals surface area contributed by atoms with Crippen molar-refractivity contribution in [1.82, 2.24) is 5.32 Å². The monoisotopic (exact) mass is 421 g/mol. The molecule has 0 saturated carbocycles. The number of aromatic hydroxyl groups is 1. The smallest absolute Gasteiger partial charge is 0.197 e. The fourth-order valence-electron chi connectivity index (χ4n) is 2.91. The third-order valence-corrected chi connectivity index (χ3v) is 5.59. The maximum absolute atomic E-state index is 11.6. The Morgan fingerprint density at radius 2 is 1.83 bits per heavy atom. The van der Waals surface area contributed by atoms with Gasteiger partial charge in [-0.3, -0.25) is 0 Å². The summed E-state index contributed by atoms with van der Waals surface area (Å²) in [5.74, 6) is 1.31. The summed E-state index contributed by atoms with van der Waals surface area (Å²) in [5, 5.41) is 23.1. The lowest BCUT2D eigenvalue weighted by Gasteiger charge is -2.18. The van der Waals surface area contributed by atoms with Crippen molar-refractivity contribution in [2.24, 2.45) is 0 Å². The standard InChI is InChI=1S/C22H31NO5S/c1-16(5-4-6-17-7-9-19(27-2)10-8-17)23-14-18(24)15-28-20-11-12-21(25)22(13-20)29(3)26/h7-13,16,18,23-25H,4-6,14-15H2,1-3H3. The molecule has 0 amide bonds. The van der Waals surface area contributed by atoms with Crippen LogP contribution < -0.4 is 14.8 Å². The highest BCUT2D eigenvalue weighted by Gasteiger charge is 2.14. The summed E-state index contributed by atoms with van der Waals surface area (Å²) in [6.07, 6.45) is 3.89. The van der Waals surface area contributed by atoms with Gasteiger partial charge in [0.1, 0.15) is 30.5 Å². The Balaban J connectivity index is 1.65. The Kier molecular flexibility index (Phi) is 9.60. The van der Waals surface area contributed by atoms with Gasteiger partial charge in [-0.2, -0.15) is 0 Å². The normalized spacial score (nSPS) is 14.2. The van der Waals surface area contributed by atoms with Crippen LogP contribution in [0.5, 0.6) is 17.2 Å². The molecule has 3 unspecified atom stereocenters. The van der Waals surface area contributed by atoms with E-state index in [1.807, 2.05) is 12.1 Å². The molecule has 0 fully saturated rings. The van der Waals surface area contributed by atoms with Gasteiger partial charge in [0.25, 0.3) is 0 Å². The van der Waals surface area contributed by atoms with Crippen LogP contribution in [0.4, 0.5) is 0 Å². The molecule has 2 rings (SSSR count). The van der Waals surface area contributed by atoms with Crippen molar-refractivity contribution >= 4 is 11.2 Å². The predicted octanol–water partition coefficient (Wildman–Crippen LogP) is 2.88. The Labute approximate surface area is 176 Å². The van der Waals surface area contributed by atoms with Crippen molar-refractivity contribution in [3.8, 4) is 17.2 Å². The van der Waals surface area contributed by atoms with E-state index in [1.165, 1.54) is 24.0 Å². The Morgan fingerprint density at radius 3 is 2.48 bits per heavy atom. The van der Waals surface area contributed by atoms with Gasteiger partial charge in [0, 0.05) is 18.7 Å². The van der Waals surface area contributed by atoms with Crippen molar-refractivity contribution in [2.45, 2.75) is 43.2 Å². The zero-order chi connectivity index (χ0) is 21.2. The van der Waals surface area contributed by atoms with E-state index in [-0.39, 0.29) is 18.4 Å². The molecule has 3 N–H and O–H groups in total. The van der Waals surface area contributed by atoms with Crippen LogP contribution >= 0.6 is 0 Å². The fourth-order valence-corrected chi connectivity index (χ4v) is 3.55. The number of benzene rings is 2. The van der Waals surface area contributed by atoms with Crippen LogP contribution in [-0.2, 0) is 17.6 Å². The Morgan fingerprint density at radius 1 is 1.14 bits per heavy atom. The molecule has 2 aromatic rings. The van der Waals surface area contributed by atoms with E-state index in [2.05, 4.69) is 24.4 Å². The third-order valence-electron chi connectivity index (χ3n) is 4.65. The van der Waals surface area contributed by atoms with Crippen molar-refractivity contribution in [1.29, 1.82) is 0 Å². The molecular weight excluding hydrogens is 390 g/mol. The second-order valence-electron chi connectivity index (χ2n) is 7.10. The largest absolute Gasteiger partial charge is 0.612 e. The SMILES string of the molecule is COc1ccc(CCCC(C)NCC(O)COc2ccc(O)c([S+](C)[O-])c2)cc1. The zero-order valence-electron chi connectivity index (χ0n) is 17.3. The number of hydrogen-bond donors (Lipinski definition) is 3. The summed E-state index contributed by atoms with van der Waals surface area (Å²) < 4.78 is 22.3. The quantitative estimate of drug-likeness (QED) is 0.456. The van der Waals surface area contributed by atoms with Crippen LogP contribution in [0.3, 0.4) is 0 Å². The number of aryl methyl sites for hydroxylation is 1. The van der Waals surface area contributed by atoms with E-state index in [0.717, 1.165) is 25.0 Å². The van der Waals surface area contributed by atoms with E-state index in [1.54, 1.807) is 13.2 Å². The number of aliphatic hydroxyl groups excluding tert-OH is 1. The molecule has 0 heterocycles. The number of methoxy groups -OCH3 is 1. The summed E-state index contributed by atoms with van der Waals surface area (Å²) in [7, 11) is 1.66. The number of phenols is 1. The number of phenolic OH excluding ortho intramolecular Hbond substituents is 1. The lowest BCUT2D eigenvalue weighted by molar-refractivity contribution is 0.103. The van der Waals surface area contributed by atoms with E-state index in [0.29, 0.717) is 17.2 Å². The molecule has 160 valence electrons. The minimum atomic E-state index is -1.30. The van der Waals surface area contributed by atoms with Crippen molar-refractivity contribution in [2.75, 3.05) is 26.5 Å².